The first kappa shape index (κ1) is 15.6. The van der Waals surface area contributed by atoms with Crippen LogP contribution < -0.4 is 4.90 Å². The Balaban J connectivity index is 2.36. The van der Waals surface area contributed by atoms with Gasteiger partial charge in [-0.25, -0.2) is 4.79 Å². The van der Waals surface area contributed by atoms with Gasteiger partial charge in [-0.2, -0.15) is 0 Å². The van der Waals surface area contributed by atoms with Crippen LogP contribution in [0.2, 0.25) is 0 Å². The van der Waals surface area contributed by atoms with E-state index in [2.05, 4.69) is 0 Å². The molecule has 6 heteroatoms. The van der Waals surface area contributed by atoms with Gasteiger partial charge < -0.3 is 9.47 Å². The number of alkyl halides is 1. The third-order valence-electron chi connectivity index (χ3n) is 3.57. The summed E-state index contributed by atoms with van der Waals surface area (Å²) in [5.74, 6) is -0.401. The Morgan fingerprint density at radius 1 is 1.38 bits per heavy atom. The molecule has 0 radical (unpaired) electrons. The van der Waals surface area contributed by atoms with Crippen molar-refractivity contribution < 1.29 is 19.1 Å². The SMILES string of the molecule is COC(=O)C1CC(C)N(C(=O)OCCCl)c2ccccc21. The molecule has 1 heterocycles. The summed E-state index contributed by atoms with van der Waals surface area (Å²) in [5, 5.41) is 0. The number of ether oxygens (including phenoxy) is 2. The second-order valence-corrected chi connectivity index (χ2v) is 5.27. The van der Waals surface area contributed by atoms with Crippen LogP contribution in [0.3, 0.4) is 0 Å². The second kappa shape index (κ2) is 6.80. The number of carbonyl (C=O) groups excluding carboxylic acids is 2. The molecule has 0 saturated carbocycles. The highest BCUT2D eigenvalue weighted by molar-refractivity contribution is 6.18. The minimum Gasteiger partial charge on any atom is -0.469 e. The van der Waals surface area contributed by atoms with Crippen molar-refractivity contribution >= 4 is 29.4 Å². The highest BCUT2D eigenvalue weighted by atomic mass is 35.5. The first-order valence-electron chi connectivity index (χ1n) is 6.78. The van der Waals surface area contributed by atoms with Gasteiger partial charge in [0, 0.05) is 6.04 Å². The molecule has 1 aromatic rings. The first-order valence-corrected chi connectivity index (χ1v) is 7.32. The van der Waals surface area contributed by atoms with Gasteiger partial charge in [0.1, 0.15) is 6.61 Å². The van der Waals surface area contributed by atoms with Crippen molar-refractivity contribution in [3.8, 4) is 0 Å². The summed E-state index contributed by atoms with van der Waals surface area (Å²) >= 11 is 5.55. The lowest BCUT2D eigenvalue weighted by atomic mass is 9.86. The average Bonchev–Trinajstić information content (AvgIpc) is 2.51. The fourth-order valence-corrected chi connectivity index (χ4v) is 2.73. The Bertz CT molecular complexity index is 534. The van der Waals surface area contributed by atoms with E-state index < -0.39 is 6.09 Å². The van der Waals surface area contributed by atoms with Crippen molar-refractivity contribution in [3.05, 3.63) is 29.8 Å². The summed E-state index contributed by atoms with van der Waals surface area (Å²) in [4.78, 5) is 25.7. The van der Waals surface area contributed by atoms with Crippen LogP contribution in [0.25, 0.3) is 0 Å². The normalized spacial score (nSPS) is 20.6. The Labute approximate surface area is 128 Å². The van der Waals surface area contributed by atoms with Gasteiger partial charge in [0.05, 0.1) is 24.6 Å². The minimum atomic E-state index is -0.445. The summed E-state index contributed by atoms with van der Waals surface area (Å²) in [6.45, 7) is 2.04. The monoisotopic (exact) mass is 311 g/mol. The largest absolute Gasteiger partial charge is 0.469 e. The van der Waals surface area contributed by atoms with Gasteiger partial charge in [-0.3, -0.25) is 9.69 Å². The fraction of sp³-hybridized carbons (Fsp3) is 0.467. The predicted molar refractivity (Wildman–Crippen MR) is 79.8 cm³/mol. The van der Waals surface area contributed by atoms with Crippen molar-refractivity contribution in [1.82, 2.24) is 0 Å². The lowest BCUT2D eigenvalue weighted by molar-refractivity contribution is -0.142. The topological polar surface area (TPSA) is 55.8 Å². The summed E-state index contributed by atoms with van der Waals surface area (Å²) in [6, 6.07) is 7.15. The van der Waals surface area contributed by atoms with Crippen LogP contribution >= 0.6 is 11.6 Å². The van der Waals surface area contributed by atoms with Crippen LogP contribution in [0.4, 0.5) is 10.5 Å². The van der Waals surface area contributed by atoms with Crippen molar-refractivity contribution in [1.29, 1.82) is 0 Å². The third kappa shape index (κ3) is 3.13. The molecule has 1 aliphatic heterocycles. The Kier molecular flexibility index (Phi) is 5.07. The van der Waals surface area contributed by atoms with Crippen LogP contribution in [-0.2, 0) is 14.3 Å². The van der Waals surface area contributed by atoms with E-state index >= 15 is 0 Å². The van der Waals surface area contributed by atoms with Crippen molar-refractivity contribution in [2.75, 3.05) is 24.5 Å². The summed E-state index contributed by atoms with van der Waals surface area (Å²) in [7, 11) is 1.37. The zero-order chi connectivity index (χ0) is 15.4. The number of para-hydroxylation sites is 1. The molecule has 2 rings (SSSR count). The van der Waals surface area contributed by atoms with Crippen LogP contribution in [0, 0.1) is 0 Å². The Hall–Kier alpha value is -1.75. The quantitative estimate of drug-likeness (QED) is 0.636. The molecule has 0 fully saturated rings. The number of anilines is 1. The number of carbonyl (C=O) groups is 2. The molecule has 5 nitrogen and oxygen atoms in total. The predicted octanol–water partition coefficient (Wildman–Crippen LogP) is 2.92. The highest BCUT2D eigenvalue weighted by Gasteiger charge is 2.37. The van der Waals surface area contributed by atoms with Crippen molar-refractivity contribution in [2.24, 2.45) is 0 Å². The van der Waals surface area contributed by atoms with Gasteiger partial charge in [-0.05, 0) is 25.0 Å². The molecule has 1 aromatic carbocycles. The number of rotatable bonds is 3. The van der Waals surface area contributed by atoms with Crippen LogP contribution in [0.1, 0.15) is 24.8 Å². The van der Waals surface area contributed by atoms with Crippen molar-refractivity contribution in [2.45, 2.75) is 25.3 Å². The lowest BCUT2D eigenvalue weighted by Crippen LogP contribution is -2.45. The zero-order valence-corrected chi connectivity index (χ0v) is 12.8. The fourth-order valence-electron chi connectivity index (χ4n) is 2.65. The highest BCUT2D eigenvalue weighted by Crippen LogP contribution is 2.39. The van der Waals surface area contributed by atoms with E-state index in [1.807, 2.05) is 31.2 Å². The van der Waals surface area contributed by atoms with Crippen LogP contribution in [0.5, 0.6) is 0 Å². The molecule has 1 aliphatic rings. The van der Waals surface area contributed by atoms with E-state index in [9.17, 15) is 9.59 Å². The molecule has 2 unspecified atom stereocenters. The van der Waals surface area contributed by atoms with E-state index in [1.165, 1.54) is 7.11 Å². The number of hydrogen-bond acceptors (Lipinski definition) is 4. The molecule has 0 N–H and O–H groups in total. The summed E-state index contributed by atoms with van der Waals surface area (Å²) < 4.78 is 9.98. The van der Waals surface area contributed by atoms with E-state index in [0.29, 0.717) is 12.1 Å². The number of amides is 1. The smallest absolute Gasteiger partial charge is 0.414 e. The van der Waals surface area contributed by atoms with Gasteiger partial charge >= 0.3 is 12.1 Å². The van der Waals surface area contributed by atoms with Crippen LogP contribution in [-0.4, -0.2) is 37.7 Å². The Morgan fingerprint density at radius 2 is 2.10 bits per heavy atom. The molecule has 0 aliphatic carbocycles. The number of methoxy groups -OCH3 is 1. The maximum Gasteiger partial charge on any atom is 0.414 e. The third-order valence-corrected chi connectivity index (χ3v) is 3.73. The maximum atomic E-state index is 12.2. The van der Waals surface area contributed by atoms with E-state index in [1.54, 1.807) is 4.90 Å². The minimum absolute atomic E-state index is 0.159. The number of fused-ring (bicyclic) bond motifs is 1. The van der Waals surface area contributed by atoms with E-state index in [-0.39, 0.29) is 30.4 Å². The number of halogens is 1. The molecule has 21 heavy (non-hydrogen) atoms. The molecule has 0 bridgehead atoms. The van der Waals surface area contributed by atoms with Gasteiger partial charge in [0.25, 0.3) is 0 Å². The number of nitrogens with zero attached hydrogens (tertiary/aromatic N) is 1. The van der Waals surface area contributed by atoms with E-state index in [4.69, 9.17) is 21.1 Å². The first-order chi connectivity index (χ1) is 10.1. The van der Waals surface area contributed by atoms with Crippen LogP contribution in [0.15, 0.2) is 24.3 Å². The molecule has 0 saturated heterocycles. The summed E-state index contributed by atoms with van der Waals surface area (Å²) in [5.41, 5.74) is 1.47. The standard InChI is InChI=1S/C15H18ClNO4/c1-10-9-12(14(18)20-2)11-5-3-4-6-13(11)17(10)15(19)21-8-7-16/h3-6,10,12H,7-9H2,1-2H3. The number of esters is 1. The molecular weight excluding hydrogens is 294 g/mol. The molecule has 2 atom stereocenters. The van der Waals surface area contributed by atoms with Crippen molar-refractivity contribution in [3.63, 3.8) is 0 Å². The van der Waals surface area contributed by atoms with E-state index in [0.717, 1.165) is 5.56 Å². The average molecular weight is 312 g/mol. The second-order valence-electron chi connectivity index (χ2n) is 4.89. The summed E-state index contributed by atoms with van der Waals surface area (Å²) in [6.07, 6.45) is 0.0542. The zero-order valence-electron chi connectivity index (χ0n) is 12.0. The van der Waals surface area contributed by atoms with Gasteiger partial charge in [0.15, 0.2) is 0 Å². The molecular formula is C15H18ClNO4. The van der Waals surface area contributed by atoms with Gasteiger partial charge in [0.2, 0.25) is 0 Å². The molecule has 114 valence electrons. The number of benzene rings is 1. The number of hydrogen-bond donors (Lipinski definition) is 0. The Morgan fingerprint density at radius 3 is 2.76 bits per heavy atom. The van der Waals surface area contributed by atoms with Gasteiger partial charge in [-0.1, -0.05) is 18.2 Å². The molecule has 0 aromatic heterocycles. The molecule has 1 amide bonds. The molecule has 0 spiro atoms. The van der Waals surface area contributed by atoms with Gasteiger partial charge in [-0.15, -0.1) is 11.6 Å². The lowest BCUT2D eigenvalue weighted by Gasteiger charge is -2.37. The maximum absolute atomic E-state index is 12.2.